The van der Waals surface area contributed by atoms with Gasteiger partial charge < -0.3 is 14.2 Å². The number of methoxy groups -OCH3 is 1. The summed E-state index contributed by atoms with van der Waals surface area (Å²) in [6, 6.07) is 10.0. The van der Waals surface area contributed by atoms with Crippen LogP contribution in [0.15, 0.2) is 48.8 Å². The van der Waals surface area contributed by atoms with Crippen LogP contribution in [0.5, 0.6) is 5.75 Å². The zero-order valence-corrected chi connectivity index (χ0v) is 23.3. The summed E-state index contributed by atoms with van der Waals surface area (Å²) < 4.78 is 31.2. The Kier molecular flexibility index (Phi) is 11.7. The van der Waals surface area contributed by atoms with Crippen molar-refractivity contribution in [2.24, 2.45) is 5.92 Å². The molecule has 1 unspecified atom stereocenters. The zero-order valence-electron chi connectivity index (χ0n) is 23.3. The number of aromatic nitrogens is 2. The van der Waals surface area contributed by atoms with Gasteiger partial charge in [0, 0.05) is 45.1 Å². The van der Waals surface area contributed by atoms with Crippen molar-refractivity contribution in [3.05, 3.63) is 71.2 Å². The third kappa shape index (κ3) is 7.87. The Balaban J connectivity index is 0.000000389. The van der Waals surface area contributed by atoms with E-state index in [1.54, 1.807) is 13.0 Å². The number of hydrogen-bond donors (Lipinski definition) is 1. The number of aryl methyl sites for hydroxylation is 1. The number of halogens is 2. The van der Waals surface area contributed by atoms with Crippen LogP contribution in [0, 0.1) is 5.92 Å². The molecular weight excluding hydrogens is 484 g/mol. The normalized spacial score (nSPS) is 17.9. The van der Waals surface area contributed by atoms with Crippen LogP contribution in [0.2, 0.25) is 0 Å². The van der Waals surface area contributed by atoms with Gasteiger partial charge in [0.15, 0.2) is 0 Å². The van der Waals surface area contributed by atoms with E-state index in [1.165, 1.54) is 23.8 Å². The van der Waals surface area contributed by atoms with Gasteiger partial charge in [0.05, 0.1) is 19.0 Å². The third-order valence-corrected chi connectivity index (χ3v) is 6.88. The molecule has 1 N–H and O–H groups in total. The topological polar surface area (TPSA) is 50.0 Å². The SMILES string of the molecule is CC.CCC(F)COC.Oc1ccc2c(c1)CCCC/C=C\2c1ccn2cc(CN3CC(CF)C3)nc2c1. The van der Waals surface area contributed by atoms with Gasteiger partial charge in [0.2, 0.25) is 0 Å². The molecule has 3 heterocycles. The number of benzene rings is 1. The average molecular weight is 528 g/mol. The molecule has 1 aliphatic heterocycles. The van der Waals surface area contributed by atoms with Gasteiger partial charge >= 0.3 is 0 Å². The fourth-order valence-corrected chi connectivity index (χ4v) is 4.85. The van der Waals surface area contributed by atoms with Crippen LogP contribution in [-0.4, -0.2) is 59.0 Å². The summed E-state index contributed by atoms with van der Waals surface area (Å²) >= 11 is 0. The highest BCUT2D eigenvalue weighted by Crippen LogP contribution is 2.33. The first-order valence-electron chi connectivity index (χ1n) is 13.9. The van der Waals surface area contributed by atoms with Gasteiger partial charge in [0.1, 0.15) is 17.6 Å². The van der Waals surface area contributed by atoms with Crippen LogP contribution in [0.4, 0.5) is 8.78 Å². The lowest BCUT2D eigenvalue weighted by atomic mass is 9.88. The summed E-state index contributed by atoms with van der Waals surface area (Å²) in [5.41, 5.74) is 6.75. The monoisotopic (exact) mass is 527 g/mol. The van der Waals surface area contributed by atoms with E-state index in [0.717, 1.165) is 62.2 Å². The van der Waals surface area contributed by atoms with Crippen LogP contribution in [0.1, 0.15) is 68.8 Å². The quantitative estimate of drug-likeness (QED) is 0.359. The molecular formula is C31H43F2N3O2. The van der Waals surface area contributed by atoms with Crippen LogP contribution in [0.25, 0.3) is 11.2 Å². The van der Waals surface area contributed by atoms with Crippen LogP contribution in [0.3, 0.4) is 0 Å². The lowest BCUT2D eigenvalue weighted by Crippen LogP contribution is -2.46. The maximum absolute atomic E-state index is 12.7. The molecule has 1 aromatic carbocycles. The van der Waals surface area contributed by atoms with Crippen molar-refractivity contribution in [3.8, 4) is 5.75 Å². The van der Waals surface area contributed by atoms with E-state index in [9.17, 15) is 13.9 Å². The van der Waals surface area contributed by atoms with Crippen molar-refractivity contribution >= 4 is 11.2 Å². The van der Waals surface area contributed by atoms with Gasteiger partial charge in [-0.1, -0.05) is 32.9 Å². The summed E-state index contributed by atoms with van der Waals surface area (Å²) in [4.78, 5) is 7.06. The fraction of sp³-hybridized carbons (Fsp3) is 0.516. The van der Waals surface area contributed by atoms with Gasteiger partial charge in [-0.05, 0) is 78.6 Å². The highest BCUT2D eigenvalue weighted by atomic mass is 19.1. The largest absolute Gasteiger partial charge is 0.508 e. The average Bonchev–Trinajstić information content (AvgIpc) is 3.30. The Hall–Kier alpha value is -2.77. The van der Waals surface area contributed by atoms with E-state index >= 15 is 0 Å². The number of phenols is 1. The maximum atomic E-state index is 12.7. The number of phenolic OH excluding ortho intramolecular Hbond substituents is 1. The predicted molar refractivity (Wildman–Crippen MR) is 151 cm³/mol. The van der Waals surface area contributed by atoms with Crippen molar-refractivity contribution in [2.75, 3.05) is 33.5 Å². The minimum atomic E-state index is -0.773. The van der Waals surface area contributed by atoms with Gasteiger partial charge in [-0.3, -0.25) is 9.29 Å². The highest BCUT2D eigenvalue weighted by molar-refractivity contribution is 5.83. The van der Waals surface area contributed by atoms with Crippen molar-refractivity contribution in [3.63, 3.8) is 0 Å². The van der Waals surface area contributed by atoms with E-state index < -0.39 is 6.17 Å². The number of allylic oxidation sites excluding steroid dienone is 1. The molecule has 0 bridgehead atoms. The van der Waals surface area contributed by atoms with Crippen molar-refractivity contribution in [1.82, 2.24) is 14.3 Å². The van der Waals surface area contributed by atoms with Crippen LogP contribution >= 0.6 is 0 Å². The molecule has 0 saturated carbocycles. The van der Waals surface area contributed by atoms with Gasteiger partial charge in [-0.15, -0.1) is 0 Å². The first kappa shape index (κ1) is 29.8. The molecule has 0 amide bonds. The minimum Gasteiger partial charge on any atom is -0.508 e. The molecule has 3 aromatic rings. The summed E-state index contributed by atoms with van der Waals surface area (Å²) in [5, 5.41) is 9.92. The first-order chi connectivity index (χ1) is 18.5. The third-order valence-electron chi connectivity index (χ3n) is 6.88. The Labute approximate surface area is 226 Å². The zero-order chi connectivity index (χ0) is 27.5. The summed E-state index contributed by atoms with van der Waals surface area (Å²) in [6.07, 6.45) is 10.6. The minimum absolute atomic E-state index is 0.199. The fourth-order valence-electron chi connectivity index (χ4n) is 4.85. The lowest BCUT2D eigenvalue weighted by Gasteiger charge is -2.37. The van der Waals surface area contributed by atoms with Gasteiger partial charge in [-0.2, -0.15) is 0 Å². The molecule has 1 fully saturated rings. The molecule has 5 nitrogen and oxygen atoms in total. The van der Waals surface area contributed by atoms with Crippen molar-refractivity contribution in [2.45, 2.75) is 65.6 Å². The second-order valence-electron chi connectivity index (χ2n) is 9.79. The number of rotatable bonds is 7. The van der Waals surface area contributed by atoms with E-state index in [0.29, 0.717) is 12.2 Å². The molecule has 5 rings (SSSR count). The van der Waals surface area contributed by atoms with Crippen molar-refractivity contribution in [1.29, 1.82) is 0 Å². The van der Waals surface area contributed by atoms with E-state index in [2.05, 4.69) is 44.6 Å². The molecule has 1 atom stereocenters. The van der Waals surface area contributed by atoms with Gasteiger partial charge in [-0.25, -0.2) is 9.37 Å². The molecule has 7 heteroatoms. The number of pyridine rings is 1. The molecule has 0 radical (unpaired) electrons. The number of fused-ring (bicyclic) bond motifs is 2. The number of ether oxygens (including phenoxy) is 1. The number of alkyl halides is 2. The standard InChI is InChI=1S/C24H26FN3O.C5H11FO.C2H6/c25-12-17-13-27(14-17)15-20-16-28-9-8-19(11-24(28)26-20)22-5-3-1-2-4-18-10-21(29)6-7-23(18)22;1-3-5(6)4-7-2;1-2/h5-11,16-17,29H,1-4,12-15H2;5H,3-4H2,1-2H3;1-2H3/b22-5-;;. The second-order valence-corrected chi connectivity index (χ2v) is 9.79. The van der Waals surface area contributed by atoms with E-state index in [4.69, 9.17) is 4.98 Å². The van der Waals surface area contributed by atoms with Crippen LogP contribution < -0.4 is 0 Å². The van der Waals surface area contributed by atoms with Gasteiger partial charge in [0.25, 0.3) is 0 Å². The van der Waals surface area contributed by atoms with E-state index in [-0.39, 0.29) is 19.2 Å². The Morgan fingerprint density at radius 3 is 2.63 bits per heavy atom. The smallest absolute Gasteiger partial charge is 0.137 e. The highest BCUT2D eigenvalue weighted by Gasteiger charge is 2.26. The molecule has 2 aliphatic rings. The first-order valence-corrected chi connectivity index (χ1v) is 13.9. The second kappa shape index (κ2) is 15.0. The van der Waals surface area contributed by atoms with Crippen molar-refractivity contribution < 1.29 is 18.6 Å². The van der Waals surface area contributed by atoms with E-state index in [1.807, 2.05) is 26.0 Å². The Morgan fingerprint density at radius 2 is 1.95 bits per heavy atom. The maximum Gasteiger partial charge on any atom is 0.137 e. The predicted octanol–water partition coefficient (Wildman–Crippen LogP) is 7.01. The summed E-state index contributed by atoms with van der Waals surface area (Å²) in [7, 11) is 1.50. The molecule has 38 heavy (non-hydrogen) atoms. The number of imidazole rings is 1. The Morgan fingerprint density at radius 1 is 1.16 bits per heavy atom. The summed E-state index contributed by atoms with van der Waals surface area (Å²) in [6.45, 7) is 8.23. The molecule has 1 saturated heterocycles. The number of nitrogens with zero attached hydrogens (tertiary/aromatic N) is 3. The number of aromatic hydroxyl groups is 1. The molecule has 1 aliphatic carbocycles. The number of hydrogen-bond acceptors (Lipinski definition) is 4. The lowest BCUT2D eigenvalue weighted by molar-refractivity contribution is 0.0727. The molecule has 208 valence electrons. The Bertz CT molecular complexity index is 1170. The molecule has 0 spiro atoms. The summed E-state index contributed by atoms with van der Waals surface area (Å²) in [5.74, 6) is 0.530. The van der Waals surface area contributed by atoms with Crippen LogP contribution in [-0.2, 0) is 17.7 Å². The number of likely N-dealkylation sites (tertiary alicyclic amines) is 1. The molecule has 2 aromatic heterocycles.